The molecule has 5 heteroatoms. The van der Waals surface area contributed by atoms with Crippen LogP contribution in [0.1, 0.15) is 44.2 Å². The van der Waals surface area contributed by atoms with E-state index >= 15 is 0 Å². The van der Waals surface area contributed by atoms with Gasteiger partial charge < -0.3 is 10.6 Å². The predicted molar refractivity (Wildman–Crippen MR) is 111 cm³/mol. The van der Waals surface area contributed by atoms with E-state index in [2.05, 4.69) is 10.6 Å². The first-order valence-electron chi connectivity index (χ1n) is 9.95. The number of para-hydroxylation sites is 2. The molecule has 0 saturated carbocycles. The largest absolute Gasteiger partial charge is 0.357 e. The lowest BCUT2D eigenvalue weighted by atomic mass is 9.86. The number of hydrogen-bond donors (Lipinski definition) is 2. The second-order valence-corrected chi connectivity index (χ2v) is 7.23. The number of Topliss-reactive ketones (excluding diaryl/α,β-unsaturated/α-hetero) is 1. The van der Waals surface area contributed by atoms with Gasteiger partial charge in [-0.1, -0.05) is 49.4 Å². The van der Waals surface area contributed by atoms with Gasteiger partial charge in [0.15, 0.2) is 5.78 Å². The maximum atomic E-state index is 13.3. The van der Waals surface area contributed by atoms with Gasteiger partial charge in [-0.2, -0.15) is 0 Å². The van der Waals surface area contributed by atoms with Gasteiger partial charge in [-0.25, -0.2) is 4.79 Å². The second-order valence-electron chi connectivity index (χ2n) is 7.23. The highest BCUT2D eigenvalue weighted by atomic mass is 16.2. The molecule has 2 amide bonds. The minimum Gasteiger partial charge on any atom is -0.357 e. The molecule has 28 heavy (non-hydrogen) atoms. The van der Waals surface area contributed by atoms with Gasteiger partial charge in [0.2, 0.25) is 0 Å². The minimum atomic E-state index is -0.447. The van der Waals surface area contributed by atoms with Crippen LogP contribution in [0.4, 0.5) is 16.2 Å². The number of urea groups is 1. The van der Waals surface area contributed by atoms with Crippen LogP contribution in [0.2, 0.25) is 0 Å². The Morgan fingerprint density at radius 1 is 1.11 bits per heavy atom. The normalized spacial score (nSPS) is 18.7. The van der Waals surface area contributed by atoms with Crippen molar-refractivity contribution >= 4 is 23.2 Å². The third-order valence-electron chi connectivity index (χ3n) is 5.30. The van der Waals surface area contributed by atoms with Crippen LogP contribution in [-0.2, 0) is 4.79 Å². The van der Waals surface area contributed by atoms with E-state index in [-0.39, 0.29) is 11.8 Å². The topological polar surface area (TPSA) is 61.4 Å². The van der Waals surface area contributed by atoms with E-state index in [9.17, 15) is 9.59 Å². The highest BCUT2D eigenvalue weighted by Crippen LogP contribution is 2.44. The number of ketones is 1. The van der Waals surface area contributed by atoms with E-state index < -0.39 is 6.04 Å². The van der Waals surface area contributed by atoms with Gasteiger partial charge in [0, 0.05) is 24.2 Å². The van der Waals surface area contributed by atoms with E-state index in [1.54, 1.807) is 4.90 Å². The number of carbonyl (C=O) groups excluding carboxylic acids is 2. The lowest BCUT2D eigenvalue weighted by Gasteiger charge is -2.33. The number of allylic oxidation sites excluding steroid dienone is 1. The Balaban J connectivity index is 1.94. The summed E-state index contributed by atoms with van der Waals surface area (Å²) in [6.45, 7) is 2.62. The van der Waals surface area contributed by atoms with Crippen LogP contribution in [0, 0.1) is 0 Å². The Labute approximate surface area is 165 Å². The fraction of sp³-hybridized carbons (Fsp3) is 0.304. The van der Waals surface area contributed by atoms with Crippen molar-refractivity contribution in [2.45, 2.75) is 38.6 Å². The van der Waals surface area contributed by atoms with Crippen LogP contribution < -0.4 is 15.5 Å². The number of fused-ring (bicyclic) bond motifs is 1. The van der Waals surface area contributed by atoms with Gasteiger partial charge >= 0.3 is 6.03 Å². The fourth-order valence-electron chi connectivity index (χ4n) is 4.03. The molecule has 0 fully saturated rings. The van der Waals surface area contributed by atoms with Crippen LogP contribution in [-0.4, -0.2) is 18.4 Å². The number of hydrogen-bond acceptors (Lipinski definition) is 3. The Kier molecular flexibility index (Phi) is 5.15. The summed E-state index contributed by atoms with van der Waals surface area (Å²) in [6, 6.07) is 17.0. The quantitative estimate of drug-likeness (QED) is 0.811. The molecular weight excluding hydrogens is 350 g/mol. The molecule has 0 aromatic heterocycles. The first kappa shape index (κ1) is 18.3. The van der Waals surface area contributed by atoms with E-state index in [1.165, 1.54) is 0 Å². The molecule has 0 radical (unpaired) electrons. The second kappa shape index (κ2) is 7.89. The van der Waals surface area contributed by atoms with Crippen molar-refractivity contribution in [2.75, 3.05) is 16.8 Å². The molecule has 1 atom stereocenters. The van der Waals surface area contributed by atoms with E-state index in [4.69, 9.17) is 0 Å². The number of nitrogens with one attached hydrogen (secondary N) is 2. The van der Waals surface area contributed by atoms with Gasteiger partial charge in [0.1, 0.15) is 0 Å². The molecule has 4 rings (SSSR count). The maximum absolute atomic E-state index is 13.3. The number of anilines is 2. The molecule has 0 bridgehead atoms. The van der Waals surface area contributed by atoms with Crippen LogP contribution in [0.5, 0.6) is 0 Å². The van der Waals surface area contributed by atoms with Gasteiger partial charge in [0.25, 0.3) is 0 Å². The average molecular weight is 375 g/mol. The third kappa shape index (κ3) is 3.28. The lowest BCUT2D eigenvalue weighted by Crippen LogP contribution is -2.44. The predicted octanol–water partition coefficient (Wildman–Crippen LogP) is 4.79. The summed E-state index contributed by atoms with van der Waals surface area (Å²) >= 11 is 0. The summed E-state index contributed by atoms with van der Waals surface area (Å²) in [5, 5.41) is 6.48. The monoisotopic (exact) mass is 375 g/mol. The Morgan fingerprint density at radius 2 is 1.86 bits per heavy atom. The molecule has 0 spiro atoms. The summed E-state index contributed by atoms with van der Waals surface area (Å²) in [7, 11) is 0. The maximum Gasteiger partial charge on any atom is 0.322 e. The Morgan fingerprint density at radius 3 is 2.64 bits per heavy atom. The zero-order valence-corrected chi connectivity index (χ0v) is 16.1. The van der Waals surface area contributed by atoms with Gasteiger partial charge in [-0.15, -0.1) is 0 Å². The summed E-state index contributed by atoms with van der Waals surface area (Å²) in [5.74, 6) is 0.115. The highest BCUT2D eigenvalue weighted by Gasteiger charge is 2.39. The molecule has 2 aliphatic rings. The first-order valence-corrected chi connectivity index (χ1v) is 9.95. The molecule has 2 N–H and O–H groups in total. The van der Waals surface area contributed by atoms with Gasteiger partial charge in [0.05, 0.1) is 17.4 Å². The van der Waals surface area contributed by atoms with Crippen LogP contribution >= 0.6 is 0 Å². The zero-order chi connectivity index (χ0) is 19.5. The Bertz CT molecular complexity index is 920. The Hall–Kier alpha value is -3.08. The van der Waals surface area contributed by atoms with Gasteiger partial charge in [-0.3, -0.25) is 9.69 Å². The van der Waals surface area contributed by atoms with Gasteiger partial charge in [-0.05, 0) is 37.0 Å². The minimum absolute atomic E-state index is 0.115. The molecular formula is C23H25N3O2. The van der Waals surface area contributed by atoms with Crippen molar-refractivity contribution in [1.29, 1.82) is 0 Å². The lowest BCUT2D eigenvalue weighted by molar-refractivity contribution is -0.116. The standard InChI is InChI=1S/C23H25N3O2/c1-2-15-24-23(28)26-19-13-7-6-11-17(19)25-18-12-8-14-20(27)21(18)22(26)16-9-4-3-5-10-16/h3-7,9-11,13,22,25H,2,8,12,14-15H2,1H3,(H,24,28). The van der Waals surface area contributed by atoms with Crippen LogP contribution in [0.15, 0.2) is 65.9 Å². The molecule has 2 aromatic rings. The molecule has 1 heterocycles. The zero-order valence-electron chi connectivity index (χ0n) is 16.1. The summed E-state index contributed by atoms with van der Waals surface area (Å²) in [6.07, 6.45) is 3.01. The molecule has 144 valence electrons. The van der Waals surface area contributed by atoms with Crippen molar-refractivity contribution in [1.82, 2.24) is 5.32 Å². The number of amides is 2. The average Bonchev–Trinajstić information content (AvgIpc) is 2.87. The first-order chi connectivity index (χ1) is 13.7. The fourth-order valence-corrected chi connectivity index (χ4v) is 4.03. The molecule has 1 aliphatic heterocycles. The number of carbonyl (C=O) groups is 2. The van der Waals surface area contributed by atoms with Crippen LogP contribution in [0.3, 0.4) is 0 Å². The van der Waals surface area contributed by atoms with Crippen molar-refractivity contribution < 1.29 is 9.59 Å². The summed E-state index contributed by atoms with van der Waals surface area (Å²) in [4.78, 5) is 28.1. The SMILES string of the molecule is CCCNC(=O)N1c2ccccc2NC2=C(C(=O)CCC2)C1c1ccccc1. The molecule has 1 aliphatic carbocycles. The molecule has 5 nitrogen and oxygen atoms in total. The number of nitrogens with zero attached hydrogens (tertiary/aromatic N) is 1. The molecule has 0 saturated heterocycles. The highest BCUT2D eigenvalue weighted by molar-refractivity contribution is 6.05. The van der Waals surface area contributed by atoms with Crippen LogP contribution in [0.25, 0.3) is 0 Å². The third-order valence-corrected chi connectivity index (χ3v) is 5.30. The van der Waals surface area contributed by atoms with Crippen molar-refractivity contribution in [3.63, 3.8) is 0 Å². The van der Waals surface area contributed by atoms with Crippen molar-refractivity contribution in [3.8, 4) is 0 Å². The number of benzene rings is 2. The summed E-state index contributed by atoms with van der Waals surface area (Å²) in [5.41, 5.74) is 4.22. The van der Waals surface area contributed by atoms with E-state index in [0.717, 1.165) is 41.9 Å². The van der Waals surface area contributed by atoms with Crippen molar-refractivity contribution in [2.24, 2.45) is 0 Å². The molecule has 1 unspecified atom stereocenters. The van der Waals surface area contributed by atoms with E-state index in [1.807, 2.05) is 61.5 Å². The van der Waals surface area contributed by atoms with E-state index in [0.29, 0.717) is 18.5 Å². The number of rotatable bonds is 3. The smallest absolute Gasteiger partial charge is 0.322 e. The molecule has 2 aromatic carbocycles. The summed E-state index contributed by atoms with van der Waals surface area (Å²) < 4.78 is 0. The van der Waals surface area contributed by atoms with Crippen molar-refractivity contribution in [3.05, 3.63) is 71.4 Å².